The predicted octanol–water partition coefficient (Wildman–Crippen LogP) is 3.71. The van der Waals surface area contributed by atoms with E-state index in [-0.39, 0.29) is 18.4 Å². The molecule has 0 aliphatic carbocycles. The molecule has 2 heterocycles. The monoisotopic (exact) mass is 416 g/mol. The predicted molar refractivity (Wildman–Crippen MR) is 119 cm³/mol. The van der Waals surface area contributed by atoms with Crippen LogP contribution in [0, 0.1) is 0 Å². The maximum atomic E-state index is 12.8. The van der Waals surface area contributed by atoms with Crippen molar-refractivity contribution in [2.75, 3.05) is 30.4 Å². The summed E-state index contributed by atoms with van der Waals surface area (Å²) in [6.45, 7) is 1.80. The van der Waals surface area contributed by atoms with Gasteiger partial charge in [-0.1, -0.05) is 48.5 Å². The molecule has 31 heavy (non-hydrogen) atoms. The maximum absolute atomic E-state index is 12.8. The summed E-state index contributed by atoms with van der Waals surface area (Å²) in [6.07, 6.45) is 1.77. The first kappa shape index (κ1) is 20.4. The van der Waals surface area contributed by atoms with E-state index in [1.807, 2.05) is 54.6 Å². The summed E-state index contributed by atoms with van der Waals surface area (Å²) in [5.74, 6) is 1.09. The van der Waals surface area contributed by atoms with Crippen molar-refractivity contribution in [1.82, 2.24) is 9.88 Å². The highest BCUT2D eigenvalue weighted by atomic mass is 16.5. The fourth-order valence-electron chi connectivity index (χ4n) is 3.59. The third kappa shape index (κ3) is 4.83. The number of urea groups is 1. The standard InChI is InChI=1S/C24H24N4O3/c1-31-21-10-6-5-9-19(21)15-23(29)26-20-11-12-22(25-16-20)28-14-13-27(24(28)30)17-18-7-3-2-4-8-18/h2-12,16H,13-15,17H2,1H3,(H,26,29). The van der Waals surface area contributed by atoms with E-state index in [0.717, 1.165) is 11.1 Å². The zero-order valence-corrected chi connectivity index (χ0v) is 17.3. The molecule has 1 aliphatic rings. The number of methoxy groups -OCH3 is 1. The smallest absolute Gasteiger partial charge is 0.326 e. The lowest BCUT2D eigenvalue weighted by atomic mass is 10.1. The molecule has 0 atom stereocenters. The van der Waals surface area contributed by atoms with E-state index >= 15 is 0 Å². The minimum absolute atomic E-state index is 0.0655. The third-order valence-electron chi connectivity index (χ3n) is 5.16. The second-order valence-corrected chi connectivity index (χ2v) is 7.28. The molecule has 2 aromatic carbocycles. The van der Waals surface area contributed by atoms with Crippen LogP contribution in [0.4, 0.5) is 16.3 Å². The lowest BCUT2D eigenvalue weighted by Crippen LogP contribution is -2.31. The van der Waals surface area contributed by atoms with E-state index in [1.165, 1.54) is 0 Å². The number of pyridine rings is 1. The zero-order chi connectivity index (χ0) is 21.6. The first-order chi connectivity index (χ1) is 15.1. The Kier molecular flexibility index (Phi) is 6.12. The number of nitrogens with zero attached hydrogens (tertiary/aromatic N) is 3. The average molecular weight is 416 g/mol. The Labute approximate surface area is 181 Å². The molecule has 1 aromatic heterocycles. The van der Waals surface area contributed by atoms with E-state index in [4.69, 9.17) is 4.74 Å². The van der Waals surface area contributed by atoms with Crippen molar-refractivity contribution < 1.29 is 14.3 Å². The van der Waals surface area contributed by atoms with Gasteiger partial charge in [0.1, 0.15) is 11.6 Å². The number of hydrogen-bond acceptors (Lipinski definition) is 4. The number of nitrogens with one attached hydrogen (secondary N) is 1. The van der Waals surface area contributed by atoms with E-state index < -0.39 is 0 Å². The molecule has 3 amide bonds. The van der Waals surface area contributed by atoms with Gasteiger partial charge in [-0.3, -0.25) is 9.69 Å². The molecule has 0 unspecified atom stereocenters. The Morgan fingerprint density at radius 2 is 1.81 bits per heavy atom. The summed E-state index contributed by atoms with van der Waals surface area (Å²) in [4.78, 5) is 33.0. The number of aromatic nitrogens is 1. The molecular weight excluding hydrogens is 392 g/mol. The zero-order valence-electron chi connectivity index (χ0n) is 17.3. The van der Waals surface area contributed by atoms with Gasteiger partial charge in [-0.15, -0.1) is 0 Å². The number of anilines is 2. The molecule has 158 valence electrons. The molecule has 1 aliphatic heterocycles. The van der Waals surface area contributed by atoms with Gasteiger partial charge in [0.05, 0.1) is 25.4 Å². The molecule has 7 nitrogen and oxygen atoms in total. The molecule has 4 rings (SSSR count). The van der Waals surface area contributed by atoms with E-state index in [0.29, 0.717) is 36.9 Å². The largest absolute Gasteiger partial charge is 0.496 e. The Balaban J connectivity index is 1.36. The first-order valence-corrected chi connectivity index (χ1v) is 10.1. The normalized spacial score (nSPS) is 13.4. The van der Waals surface area contributed by atoms with Crippen molar-refractivity contribution in [3.05, 3.63) is 84.1 Å². The van der Waals surface area contributed by atoms with Gasteiger partial charge in [-0.25, -0.2) is 9.78 Å². The van der Waals surface area contributed by atoms with Crippen LogP contribution in [0.2, 0.25) is 0 Å². The highest BCUT2D eigenvalue weighted by Gasteiger charge is 2.30. The number of amides is 3. The van der Waals surface area contributed by atoms with Gasteiger partial charge in [0.15, 0.2) is 0 Å². The van der Waals surface area contributed by atoms with Crippen LogP contribution in [0.1, 0.15) is 11.1 Å². The molecule has 0 bridgehead atoms. The summed E-state index contributed by atoms with van der Waals surface area (Å²) in [6, 6.07) is 20.8. The fraction of sp³-hybridized carbons (Fsp3) is 0.208. The number of benzene rings is 2. The van der Waals surface area contributed by atoms with Gasteiger partial charge in [0.25, 0.3) is 0 Å². The molecule has 3 aromatic rings. The number of carbonyl (C=O) groups is 2. The second kappa shape index (κ2) is 9.30. The number of ether oxygens (including phenoxy) is 1. The third-order valence-corrected chi connectivity index (χ3v) is 5.16. The van der Waals surface area contributed by atoms with E-state index in [1.54, 1.807) is 35.2 Å². The van der Waals surface area contributed by atoms with Crippen LogP contribution in [-0.4, -0.2) is 42.0 Å². The van der Waals surface area contributed by atoms with Gasteiger partial charge >= 0.3 is 6.03 Å². The number of carbonyl (C=O) groups excluding carboxylic acids is 2. The highest BCUT2D eigenvalue weighted by molar-refractivity contribution is 5.94. The van der Waals surface area contributed by atoms with Crippen LogP contribution in [0.5, 0.6) is 5.75 Å². The van der Waals surface area contributed by atoms with Crippen molar-refractivity contribution in [2.24, 2.45) is 0 Å². The second-order valence-electron chi connectivity index (χ2n) is 7.28. The van der Waals surface area contributed by atoms with Crippen LogP contribution < -0.4 is 15.0 Å². The van der Waals surface area contributed by atoms with Crippen molar-refractivity contribution >= 4 is 23.4 Å². The number of rotatable bonds is 7. The summed E-state index contributed by atoms with van der Waals surface area (Å²) < 4.78 is 5.29. The van der Waals surface area contributed by atoms with Crippen molar-refractivity contribution in [3.8, 4) is 5.75 Å². The molecular formula is C24H24N4O3. The molecule has 1 saturated heterocycles. The SMILES string of the molecule is COc1ccccc1CC(=O)Nc1ccc(N2CCN(Cc3ccccc3)C2=O)nc1. The van der Waals surface area contributed by atoms with Crippen molar-refractivity contribution in [3.63, 3.8) is 0 Å². The lowest BCUT2D eigenvalue weighted by Gasteiger charge is -2.18. The van der Waals surface area contributed by atoms with Crippen molar-refractivity contribution in [2.45, 2.75) is 13.0 Å². The molecule has 0 saturated carbocycles. The van der Waals surface area contributed by atoms with Gasteiger partial charge in [0, 0.05) is 25.2 Å². The average Bonchev–Trinajstić information content (AvgIpc) is 3.15. The molecule has 7 heteroatoms. The quantitative estimate of drug-likeness (QED) is 0.637. The first-order valence-electron chi connectivity index (χ1n) is 10.1. The molecule has 1 fully saturated rings. The fourth-order valence-corrected chi connectivity index (χ4v) is 3.59. The number of hydrogen-bond donors (Lipinski definition) is 1. The van der Waals surface area contributed by atoms with Gasteiger partial charge in [0.2, 0.25) is 5.91 Å². The summed E-state index contributed by atoms with van der Waals surface area (Å²) in [5, 5.41) is 2.84. The van der Waals surface area contributed by atoms with Crippen LogP contribution in [0.3, 0.4) is 0 Å². The van der Waals surface area contributed by atoms with E-state index in [2.05, 4.69) is 10.3 Å². The molecule has 0 spiro atoms. The summed E-state index contributed by atoms with van der Waals surface area (Å²) in [7, 11) is 1.58. The van der Waals surface area contributed by atoms with Gasteiger partial charge < -0.3 is 15.0 Å². The summed E-state index contributed by atoms with van der Waals surface area (Å²) >= 11 is 0. The maximum Gasteiger partial charge on any atom is 0.326 e. The Morgan fingerprint density at radius 3 is 2.55 bits per heavy atom. The highest BCUT2D eigenvalue weighted by Crippen LogP contribution is 2.22. The van der Waals surface area contributed by atoms with Gasteiger partial charge in [-0.05, 0) is 23.8 Å². The molecule has 0 radical (unpaired) electrons. The van der Waals surface area contributed by atoms with Gasteiger partial charge in [-0.2, -0.15) is 0 Å². The van der Waals surface area contributed by atoms with Crippen LogP contribution in [0.15, 0.2) is 72.9 Å². The number of para-hydroxylation sites is 1. The Hall–Kier alpha value is -3.87. The summed E-state index contributed by atoms with van der Waals surface area (Å²) in [5.41, 5.74) is 2.49. The van der Waals surface area contributed by atoms with Crippen LogP contribution in [-0.2, 0) is 17.8 Å². The van der Waals surface area contributed by atoms with Crippen LogP contribution >= 0.6 is 0 Å². The lowest BCUT2D eigenvalue weighted by molar-refractivity contribution is -0.115. The van der Waals surface area contributed by atoms with Crippen LogP contribution in [0.25, 0.3) is 0 Å². The Morgan fingerprint density at radius 1 is 1.03 bits per heavy atom. The minimum atomic E-state index is -0.162. The minimum Gasteiger partial charge on any atom is -0.496 e. The molecule has 1 N–H and O–H groups in total. The van der Waals surface area contributed by atoms with Crippen molar-refractivity contribution in [1.29, 1.82) is 0 Å². The van der Waals surface area contributed by atoms with E-state index in [9.17, 15) is 9.59 Å². The topological polar surface area (TPSA) is 74.8 Å². The Bertz CT molecular complexity index is 1050.